The van der Waals surface area contributed by atoms with E-state index in [-0.39, 0.29) is 6.10 Å². The molecule has 0 spiro atoms. The van der Waals surface area contributed by atoms with Crippen molar-refractivity contribution in [2.24, 2.45) is 0 Å². The zero-order valence-electron chi connectivity index (χ0n) is 9.33. The average molecular weight is 229 g/mol. The second kappa shape index (κ2) is 4.97. The van der Waals surface area contributed by atoms with Gasteiger partial charge in [0.05, 0.1) is 11.7 Å². The monoisotopic (exact) mass is 228 g/mol. The maximum atomic E-state index is 10.2. The lowest BCUT2D eigenvalue weighted by molar-refractivity contribution is -0.0715. The fourth-order valence-electron chi connectivity index (χ4n) is 1.42. The van der Waals surface area contributed by atoms with Gasteiger partial charge in [-0.15, -0.1) is 0 Å². The Balaban J connectivity index is 2.81. The summed E-state index contributed by atoms with van der Waals surface area (Å²) in [6, 6.07) is 7.53. The van der Waals surface area contributed by atoms with Crippen molar-refractivity contribution in [2.45, 2.75) is 32.0 Å². The molecule has 0 fully saturated rings. The van der Waals surface area contributed by atoms with Crippen molar-refractivity contribution in [1.82, 2.24) is 0 Å². The number of aliphatic hydroxyl groups is 1. The summed E-state index contributed by atoms with van der Waals surface area (Å²) in [4.78, 5) is 0. The van der Waals surface area contributed by atoms with E-state index in [0.717, 1.165) is 5.56 Å². The van der Waals surface area contributed by atoms with Gasteiger partial charge in [0.25, 0.3) is 0 Å². The van der Waals surface area contributed by atoms with E-state index in [1.54, 1.807) is 14.0 Å². The van der Waals surface area contributed by atoms with Crippen molar-refractivity contribution < 1.29 is 9.84 Å². The summed E-state index contributed by atoms with van der Waals surface area (Å²) < 4.78 is 5.13. The first-order valence-corrected chi connectivity index (χ1v) is 5.33. The molecule has 0 aliphatic rings. The highest BCUT2D eigenvalue weighted by Gasteiger charge is 2.29. The summed E-state index contributed by atoms with van der Waals surface area (Å²) in [6.07, 6.45) is 0.260. The van der Waals surface area contributed by atoms with Gasteiger partial charge in [0, 0.05) is 18.6 Å². The Labute approximate surface area is 95.8 Å². The molecule has 1 aromatic rings. The number of hydrogen-bond acceptors (Lipinski definition) is 2. The maximum absolute atomic E-state index is 10.2. The molecular formula is C12H17ClO2. The Hall–Kier alpha value is -0.570. The highest BCUT2D eigenvalue weighted by Crippen LogP contribution is 2.23. The van der Waals surface area contributed by atoms with E-state index in [1.807, 2.05) is 31.2 Å². The average Bonchev–Trinajstić information content (AvgIpc) is 2.20. The minimum atomic E-state index is -0.903. The van der Waals surface area contributed by atoms with Crippen LogP contribution in [0.25, 0.3) is 0 Å². The molecule has 0 radical (unpaired) electrons. The SMILES string of the molecule is COC(C)C(C)(O)Cc1ccccc1Cl. The number of halogens is 1. The normalized spacial score (nSPS) is 17.1. The lowest BCUT2D eigenvalue weighted by atomic mass is 9.92. The van der Waals surface area contributed by atoms with Crippen LogP contribution in [0.15, 0.2) is 24.3 Å². The molecule has 2 unspecified atom stereocenters. The standard InChI is InChI=1S/C12H17ClO2/c1-9(15-3)12(2,14)8-10-6-4-5-7-11(10)13/h4-7,9,14H,8H2,1-3H3. The largest absolute Gasteiger partial charge is 0.387 e. The number of benzene rings is 1. The second-order valence-corrected chi connectivity index (χ2v) is 4.41. The third kappa shape index (κ3) is 3.20. The summed E-state index contributed by atoms with van der Waals surface area (Å²) in [5.41, 5.74) is 0.0350. The first-order chi connectivity index (χ1) is 6.97. The van der Waals surface area contributed by atoms with Crippen LogP contribution in [0.4, 0.5) is 0 Å². The molecule has 0 saturated heterocycles. The highest BCUT2D eigenvalue weighted by molar-refractivity contribution is 6.31. The van der Waals surface area contributed by atoms with Crippen LogP contribution in [0.2, 0.25) is 5.02 Å². The third-order valence-corrected chi connectivity index (χ3v) is 3.10. The quantitative estimate of drug-likeness (QED) is 0.859. The zero-order valence-corrected chi connectivity index (χ0v) is 10.1. The lowest BCUT2D eigenvalue weighted by Crippen LogP contribution is -2.40. The van der Waals surface area contributed by atoms with Crippen molar-refractivity contribution in [2.75, 3.05) is 7.11 Å². The summed E-state index contributed by atoms with van der Waals surface area (Å²) in [6.45, 7) is 3.60. The van der Waals surface area contributed by atoms with Gasteiger partial charge in [0.1, 0.15) is 0 Å². The first kappa shape index (κ1) is 12.5. The van der Waals surface area contributed by atoms with E-state index < -0.39 is 5.60 Å². The van der Waals surface area contributed by atoms with E-state index in [4.69, 9.17) is 16.3 Å². The van der Waals surface area contributed by atoms with Gasteiger partial charge in [0.15, 0.2) is 0 Å². The van der Waals surface area contributed by atoms with E-state index in [1.165, 1.54) is 0 Å². The first-order valence-electron chi connectivity index (χ1n) is 4.96. The predicted molar refractivity (Wildman–Crippen MR) is 62.3 cm³/mol. The summed E-state index contributed by atoms with van der Waals surface area (Å²) in [5.74, 6) is 0. The molecule has 0 aliphatic heterocycles. The van der Waals surface area contributed by atoms with Crippen molar-refractivity contribution in [1.29, 1.82) is 0 Å². The summed E-state index contributed by atoms with van der Waals surface area (Å²) in [7, 11) is 1.59. The fourth-order valence-corrected chi connectivity index (χ4v) is 1.63. The topological polar surface area (TPSA) is 29.5 Å². The van der Waals surface area contributed by atoms with Crippen LogP contribution >= 0.6 is 11.6 Å². The number of hydrogen-bond donors (Lipinski definition) is 1. The van der Waals surface area contributed by atoms with Gasteiger partial charge in [-0.2, -0.15) is 0 Å². The van der Waals surface area contributed by atoms with Gasteiger partial charge in [-0.05, 0) is 25.5 Å². The van der Waals surface area contributed by atoms with E-state index >= 15 is 0 Å². The molecule has 1 N–H and O–H groups in total. The maximum Gasteiger partial charge on any atom is 0.0917 e. The Bertz CT molecular complexity index is 323. The Morgan fingerprint density at radius 3 is 2.60 bits per heavy atom. The van der Waals surface area contributed by atoms with E-state index in [0.29, 0.717) is 11.4 Å². The predicted octanol–water partition coefficient (Wildman–Crippen LogP) is 2.67. The van der Waals surface area contributed by atoms with Gasteiger partial charge < -0.3 is 9.84 Å². The molecule has 1 rings (SSSR count). The van der Waals surface area contributed by atoms with E-state index in [9.17, 15) is 5.11 Å². The van der Waals surface area contributed by atoms with Gasteiger partial charge in [0.2, 0.25) is 0 Å². The molecule has 0 heterocycles. The molecular weight excluding hydrogens is 212 g/mol. The fraction of sp³-hybridized carbons (Fsp3) is 0.500. The Morgan fingerprint density at radius 1 is 1.47 bits per heavy atom. The van der Waals surface area contributed by atoms with Crippen molar-refractivity contribution in [3.8, 4) is 0 Å². The number of ether oxygens (including phenoxy) is 1. The molecule has 0 aliphatic carbocycles. The van der Waals surface area contributed by atoms with Gasteiger partial charge in [-0.25, -0.2) is 0 Å². The van der Waals surface area contributed by atoms with Gasteiger partial charge in [-0.3, -0.25) is 0 Å². The van der Waals surface area contributed by atoms with Crippen LogP contribution in [0.3, 0.4) is 0 Å². The van der Waals surface area contributed by atoms with Gasteiger partial charge in [-0.1, -0.05) is 29.8 Å². The van der Waals surface area contributed by atoms with Crippen LogP contribution in [0.1, 0.15) is 19.4 Å². The lowest BCUT2D eigenvalue weighted by Gasteiger charge is -2.29. The summed E-state index contributed by atoms with van der Waals surface area (Å²) in [5, 5.41) is 10.9. The smallest absolute Gasteiger partial charge is 0.0917 e. The summed E-state index contributed by atoms with van der Waals surface area (Å²) >= 11 is 6.03. The second-order valence-electron chi connectivity index (χ2n) is 4.00. The molecule has 2 atom stereocenters. The number of rotatable bonds is 4. The molecule has 15 heavy (non-hydrogen) atoms. The Kier molecular flexibility index (Phi) is 4.14. The molecule has 3 heteroatoms. The molecule has 0 amide bonds. The molecule has 84 valence electrons. The molecule has 0 aromatic heterocycles. The van der Waals surface area contributed by atoms with Gasteiger partial charge >= 0.3 is 0 Å². The van der Waals surface area contributed by atoms with Crippen LogP contribution < -0.4 is 0 Å². The molecule has 1 aromatic carbocycles. The van der Waals surface area contributed by atoms with E-state index in [2.05, 4.69) is 0 Å². The third-order valence-electron chi connectivity index (χ3n) is 2.74. The number of methoxy groups -OCH3 is 1. The van der Waals surface area contributed by atoms with Crippen LogP contribution in [0, 0.1) is 0 Å². The molecule has 2 nitrogen and oxygen atoms in total. The van der Waals surface area contributed by atoms with Crippen LogP contribution in [-0.4, -0.2) is 23.9 Å². The Morgan fingerprint density at radius 2 is 2.07 bits per heavy atom. The van der Waals surface area contributed by atoms with Crippen molar-refractivity contribution >= 4 is 11.6 Å². The zero-order chi connectivity index (χ0) is 11.5. The highest BCUT2D eigenvalue weighted by atomic mass is 35.5. The minimum absolute atomic E-state index is 0.228. The molecule has 0 saturated carbocycles. The minimum Gasteiger partial charge on any atom is -0.387 e. The van der Waals surface area contributed by atoms with Crippen molar-refractivity contribution in [3.63, 3.8) is 0 Å². The molecule has 0 bridgehead atoms. The van der Waals surface area contributed by atoms with Crippen molar-refractivity contribution in [3.05, 3.63) is 34.9 Å². The van der Waals surface area contributed by atoms with Crippen LogP contribution in [-0.2, 0) is 11.2 Å². The van der Waals surface area contributed by atoms with Crippen LogP contribution in [0.5, 0.6) is 0 Å².